The highest BCUT2D eigenvalue weighted by atomic mass is 32.1. The fourth-order valence-corrected chi connectivity index (χ4v) is 1.87. The number of aromatic nitrogens is 2. The minimum absolute atomic E-state index is 0.0727. The number of amides is 1. The number of carbonyl (C=O) groups excluding carboxylic acids is 1. The van der Waals surface area contributed by atoms with Crippen molar-refractivity contribution in [3.05, 3.63) is 24.3 Å². The molecule has 0 aliphatic heterocycles. The summed E-state index contributed by atoms with van der Waals surface area (Å²) < 4.78 is 0. The van der Waals surface area contributed by atoms with Crippen LogP contribution < -0.4 is 10.6 Å². The molecular weight excluding hydrogens is 291 g/mol. The molecule has 9 heteroatoms. The molecule has 0 aliphatic carbocycles. The largest absolute Gasteiger partial charge is 0.475 e. The summed E-state index contributed by atoms with van der Waals surface area (Å²) in [5, 5.41) is 23.8. The first-order valence-corrected chi connectivity index (χ1v) is 7.00. The Morgan fingerprint density at radius 1 is 1.43 bits per heavy atom. The van der Waals surface area contributed by atoms with Crippen molar-refractivity contribution in [2.24, 2.45) is 5.92 Å². The van der Waals surface area contributed by atoms with Gasteiger partial charge in [0.15, 0.2) is 0 Å². The lowest BCUT2D eigenvalue weighted by molar-refractivity contribution is -0.120. The van der Waals surface area contributed by atoms with Crippen LogP contribution in [0.2, 0.25) is 0 Å². The van der Waals surface area contributed by atoms with E-state index in [0.717, 1.165) is 0 Å². The van der Waals surface area contributed by atoms with Crippen LogP contribution in [0.15, 0.2) is 18.6 Å². The maximum absolute atomic E-state index is 11.8. The van der Waals surface area contributed by atoms with E-state index in [4.69, 9.17) is 12.2 Å². The van der Waals surface area contributed by atoms with E-state index in [1.807, 2.05) is 13.8 Å². The Hall–Kier alpha value is -1.58. The summed E-state index contributed by atoms with van der Waals surface area (Å²) in [5.74, 6) is -0.852. The molecule has 1 rings (SSSR count). The SMILES string of the molecule is CC(C)C[C@H](NC(=O)CNC(=S)c1cnccn1)B(O)O. The zero-order valence-electron chi connectivity index (χ0n) is 12.0. The van der Waals surface area contributed by atoms with Crippen molar-refractivity contribution < 1.29 is 14.8 Å². The highest BCUT2D eigenvalue weighted by Crippen LogP contribution is 2.05. The third-order valence-electron chi connectivity index (χ3n) is 2.64. The van der Waals surface area contributed by atoms with E-state index >= 15 is 0 Å². The van der Waals surface area contributed by atoms with Gasteiger partial charge >= 0.3 is 7.12 Å². The van der Waals surface area contributed by atoms with Crippen LogP contribution in [0, 0.1) is 5.92 Å². The predicted octanol–water partition coefficient (Wildman–Crippen LogP) is -0.715. The first-order chi connectivity index (χ1) is 9.90. The molecule has 0 unspecified atom stereocenters. The van der Waals surface area contributed by atoms with Crippen molar-refractivity contribution >= 4 is 30.2 Å². The van der Waals surface area contributed by atoms with Crippen molar-refractivity contribution in [2.45, 2.75) is 26.2 Å². The fraction of sp³-hybridized carbons (Fsp3) is 0.500. The molecule has 1 aromatic heterocycles. The molecule has 0 spiro atoms. The van der Waals surface area contributed by atoms with Crippen molar-refractivity contribution in [1.29, 1.82) is 0 Å². The molecule has 1 amide bonds. The Kier molecular flexibility index (Phi) is 7.20. The van der Waals surface area contributed by atoms with Gasteiger partial charge in [-0.15, -0.1) is 0 Å². The number of nitrogens with one attached hydrogen (secondary N) is 2. The Bertz CT molecular complexity index is 473. The van der Waals surface area contributed by atoms with E-state index in [-0.39, 0.29) is 18.4 Å². The van der Waals surface area contributed by atoms with Crippen molar-refractivity contribution in [3.63, 3.8) is 0 Å². The van der Waals surface area contributed by atoms with Crippen molar-refractivity contribution in [2.75, 3.05) is 6.54 Å². The molecule has 1 aromatic rings. The smallest absolute Gasteiger partial charge is 0.426 e. The molecule has 0 radical (unpaired) electrons. The highest BCUT2D eigenvalue weighted by molar-refractivity contribution is 7.80. The molecule has 1 atom stereocenters. The van der Waals surface area contributed by atoms with Crippen LogP contribution in [0.3, 0.4) is 0 Å². The summed E-state index contributed by atoms with van der Waals surface area (Å²) in [5.41, 5.74) is 0.473. The van der Waals surface area contributed by atoms with Gasteiger partial charge in [-0.25, -0.2) is 0 Å². The van der Waals surface area contributed by atoms with E-state index in [0.29, 0.717) is 17.1 Å². The van der Waals surface area contributed by atoms with Gasteiger partial charge in [-0.05, 0) is 12.3 Å². The van der Waals surface area contributed by atoms with E-state index in [1.54, 1.807) is 0 Å². The lowest BCUT2D eigenvalue weighted by Gasteiger charge is -2.19. The quantitative estimate of drug-likeness (QED) is 0.389. The normalized spacial score (nSPS) is 11.9. The number of thiocarbonyl (C=S) groups is 1. The van der Waals surface area contributed by atoms with Gasteiger partial charge in [-0.3, -0.25) is 14.8 Å². The van der Waals surface area contributed by atoms with E-state index in [1.165, 1.54) is 18.6 Å². The molecule has 0 bridgehead atoms. The molecule has 0 saturated heterocycles. The minimum Gasteiger partial charge on any atom is -0.426 e. The molecular formula is C12H19BN4O3S. The third-order valence-corrected chi connectivity index (χ3v) is 2.99. The van der Waals surface area contributed by atoms with Gasteiger partial charge in [-0.2, -0.15) is 0 Å². The average molecular weight is 310 g/mol. The Balaban J connectivity index is 2.44. The zero-order chi connectivity index (χ0) is 15.8. The number of rotatable bonds is 7. The van der Waals surface area contributed by atoms with Crippen LogP contribution in [0.5, 0.6) is 0 Å². The number of hydrogen-bond acceptors (Lipinski definition) is 6. The van der Waals surface area contributed by atoms with Crippen LogP contribution in [0.4, 0.5) is 0 Å². The maximum atomic E-state index is 11.8. The van der Waals surface area contributed by atoms with Gasteiger partial charge in [0.05, 0.1) is 18.7 Å². The summed E-state index contributed by atoms with van der Waals surface area (Å²) in [6.07, 6.45) is 4.99. The van der Waals surface area contributed by atoms with Gasteiger partial charge in [-0.1, -0.05) is 26.1 Å². The van der Waals surface area contributed by atoms with Gasteiger partial charge in [0.25, 0.3) is 0 Å². The topological polar surface area (TPSA) is 107 Å². The standard InChI is InChI=1S/C12H19BN4O3S/c1-8(2)5-10(13(19)20)17-11(18)7-16-12(21)9-6-14-3-4-15-9/h3-4,6,8,10,19-20H,5,7H2,1-2H3,(H,16,21)(H,17,18)/t10-/m0/s1. The summed E-state index contributed by atoms with van der Waals surface area (Å²) in [7, 11) is -1.59. The molecule has 1 heterocycles. The number of nitrogens with zero attached hydrogens (tertiary/aromatic N) is 2. The molecule has 7 nitrogen and oxygen atoms in total. The number of carbonyl (C=O) groups is 1. The van der Waals surface area contributed by atoms with Gasteiger partial charge in [0.1, 0.15) is 10.7 Å². The highest BCUT2D eigenvalue weighted by Gasteiger charge is 2.25. The van der Waals surface area contributed by atoms with Gasteiger partial charge in [0, 0.05) is 12.4 Å². The molecule has 114 valence electrons. The summed E-state index contributed by atoms with van der Waals surface area (Å²) in [4.78, 5) is 20.0. The summed E-state index contributed by atoms with van der Waals surface area (Å²) in [6, 6.07) is 0. The second-order valence-corrected chi connectivity index (χ2v) is 5.40. The lowest BCUT2D eigenvalue weighted by atomic mass is 9.75. The average Bonchev–Trinajstić information content (AvgIpc) is 2.44. The minimum atomic E-state index is -1.59. The van der Waals surface area contributed by atoms with E-state index in [2.05, 4.69) is 20.6 Å². The molecule has 0 aromatic carbocycles. The van der Waals surface area contributed by atoms with Crippen LogP contribution >= 0.6 is 12.2 Å². The van der Waals surface area contributed by atoms with Crippen LogP contribution in [0.25, 0.3) is 0 Å². The van der Waals surface area contributed by atoms with Crippen molar-refractivity contribution in [1.82, 2.24) is 20.6 Å². The second-order valence-electron chi connectivity index (χ2n) is 4.99. The lowest BCUT2D eigenvalue weighted by Crippen LogP contribution is -2.50. The van der Waals surface area contributed by atoms with Crippen LogP contribution in [-0.4, -0.2) is 50.5 Å². The first-order valence-electron chi connectivity index (χ1n) is 6.60. The van der Waals surface area contributed by atoms with E-state index in [9.17, 15) is 14.8 Å². The molecule has 21 heavy (non-hydrogen) atoms. The fourth-order valence-electron chi connectivity index (χ4n) is 1.69. The molecule has 0 fully saturated rings. The molecule has 4 N–H and O–H groups in total. The van der Waals surface area contributed by atoms with Crippen molar-refractivity contribution in [3.8, 4) is 0 Å². The monoisotopic (exact) mass is 310 g/mol. The Morgan fingerprint density at radius 2 is 2.14 bits per heavy atom. The van der Waals surface area contributed by atoms with Crippen LogP contribution in [0.1, 0.15) is 26.0 Å². The first kappa shape index (κ1) is 17.5. The van der Waals surface area contributed by atoms with E-state index < -0.39 is 13.1 Å². The number of hydrogen-bond donors (Lipinski definition) is 4. The molecule has 0 saturated carbocycles. The molecule has 0 aliphatic rings. The Labute approximate surface area is 129 Å². The summed E-state index contributed by atoms with van der Waals surface area (Å²) >= 11 is 5.08. The van der Waals surface area contributed by atoms with Gasteiger partial charge in [0.2, 0.25) is 5.91 Å². The van der Waals surface area contributed by atoms with Crippen LogP contribution in [-0.2, 0) is 4.79 Å². The predicted molar refractivity (Wildman–Crippen MR) is 83.3 cm³/mol. The zero-order valence-corrected chi connectivity index (χ0v) is 12.8. The third kappa shape index (κ3) is 6.61. The Morgan fingerprint density at radius 3 is 2.67 bits per heavy atom. The second kappa shape index (κ2) is 8.65. The summed E-state index contributed by atoms with van der Waals surface area (Å²) in [6.45, 7) is 3.79. The van der Waals surface area contributed by atoms with Gasteiger partial charge < -0.3 is 20.7 Å². The maximum Gasteiger partial charge on any atom is 0.475 e.